The molecule has 0 aromatic rings. The first-order chi connectivity index (χ1) is 6.22. The van der Waals surface area contributed by atoms with E-state index >= 15 is 0 Å². The van der Waals surface area contributed by atoms with E-state index in [4.69, 9.17) is 5.73 Å². The summed E-state index contributed by atoms with van der Waals surface area (Å²) in [7, 11) is 0. The summed E-state index contributed by atoms with van der Waals surface area (Å²) in [6.45, 7) is 3.68. The van der Waals surface area contributed by atoms with Gasteiger partial charge in [0.25, 0.3) is 0 Å². The molecule has 1 atom stereocenters. The fraction of sp³-hybridized carbons (Fsp3) is 0.800. The Bertz CT molecular complexity index is 191. The summed E-state index contributed by atoms with van der Waals surface area (Å²) in [5, 5.41) is 3.42. The molecule has 0 aliphatic heterocycles. The lowest BCUT2D eigenvalue weighted by Gasteiger charge is -2.35. The van der Waals surface area contributed by atoms with E-state index in [1.165, 1.54) is 0 Å². The van der Waals surface area contributed by atoms with Crippen LogP contribution in [0.2, 0.25) is 0 Å². The fourth-order valence-corrected chi connectivity index (χ4v) is 1.68. The molecule has 0 aromatic heterocycles. The van der Waals surface area contributed by atoms with E-state index in [0.29, 0.717) is 13.0 Å². The van der Waals surface area contributed by atoms with Crippen molar-refractivity contribution in [1.29, 1.82) is 0 Å². The van der Waals surface area contributed by atoms with Crippen molar-refractivity contribution in [3.05, 3.63) is 11.9 Å². The van der Waals surface area contributed by atoms with E-state index in [-0.39, 0.29) is 11.4 Å². The predicted octanol–water partition coefficient (Wildman–Crippen LogP) is 1.72. The first-order valence-corrected chi connectivity index (χ1v) is 5.02. The highest BCUT2D eigenvalue weighted by atomic mass is 19.1. The highest BCUT2D eigenvalue weighted by molar-refractivity contribution is 5.07. The second-order valence-electron chi connectivity index (χ2n) is 3.77. The van der Waals surface area contributed by atoms with Crippen LogP contribution in [-0.2, 0) is 0 Å². The van der Waals surface area contributed by atoms with Crippen LogP contribution in [0.5, 0.6) is 0 Å². The van der Waals surface area contributed by atoms with Crippen LogP contribution in [0.4, 0.5) is 4.39 Å². The summed E-state index contributed by atoms with van der Waals surface area (Å²) in [6.07, 6.45) is 4.85. The first-order valence-electron chi connectivity index (χ1n) is 5.02. The van der Waals surface area contributed by atoms with Crippen molar-refractivity contribution in [2.45, 2.75) is 38.1 Å². The minimum atomic E-state index is -0.0361. The van der Waals surface area contributed by atoms with Crippen LogP contribution in [0.15, 0.2) is 11.9 Å². The Morgan fingerprint density at radius 2 is 2.46 bits per heavy atom. The van der Waals surface area contributed by atoms with Gasteiger partial charge in [0.2, 0.25) is 0 Å². The molecule has 0 radical (unpaired) electrons. The van der Waals surface area contributed by atoms with E-state index in [1.807, 2.05) is 0 Å². The van der Waals surface area contributed by atoms with Crippen molar-refractivity contribution < 1.29 is 4.39 Å². The second-order valence-corrected chi connectivity index (χ2v) is 3.77. The van der Waals surface area contributed by atoms with Crippen molar-refractivity contribution in [1.82, 2.24) is 5.32 Å². The molecule has 0 heterocycles. The largest absolute Gasteiger partial charge is 0.329 e. The lowest BCUT2D eigenvalue weighted by atomic mass is 9.85. The van der Waals surface area contributed by atoms with Gasteiger partial charge in [0.15, 0.2) is 0 Å². The van der Waals surface area contributed by atoms with Gasteiger partial charge in [-0.25, -0.2) is 4.39 Å². The summed E-state index contributed by atoms with van der Waals surface area (Å²) in [5.74, 6) is 0.0161. The van der Waals surface area contributed by atoms with E-state index in [2.05, 4.69) is 12.2 Å². The number of halogens is 1. The van der Waals surface area contributed by atoms with Gasteiger partial charge in [-0.15, -0.1) is 0 Å². The van der Waals surface area contributed by atoms with Gasteiger partial charge in [-0.2, -0.15) is 0 Å². The lowest BCUT2D eigenvalue weighted by Crippen LogP contribution is -2.52. The second kappa shape index (κ2) is 4.72. The highest BCUT2D eigenvalue weighted by Crippen LogP contribution is 2.27. The Morgan fingerprint density at radius 1 is 1.69 bits per heavy atom. The topological polar surface area (TPSA) is 38.0 Å². The predicted molar refractivity (Wildman–Crippen MR) is 53.1 cm³/mol. The molecule has 0 aromatic carbocycles. The van der Waals surface area contributed by atoms with Crippen LogP contribution in [0, 0.1) is 0 Å². The molecule has 13 heavy (non-hydrogen) atoms. The molecule has 0 spiro atoms. The monoisotopic (exact) mass is 186 g/mol. The highest BCUT2D eigenvalue weighted by Gasteiger charge is 2.29. The van der Waals surface area contributed by atoms with Crippen LogP contribution in [0.1, 0.15) is 32.6 Å². The van der Waals surface area contributed by atoms with Crippen molar-refractivity contribution in [3.63, 3.8) is 0 Å². The number of allylic oxidation sites excluding steroid dienone is 1. The number of rotatable bonds is 4. The van der Waals surface area contributed by atoms with Gasteiger partial charge in [0.05, 0.1) is 5.83 Å². The van der Waals surface area contributed by atoms with Gasteiger partial charge >= 0.3 is 0 Å². The molecule has 1 rings (SSSR count). The van der Waals surface area contributed by atoms with Gasteiger partial charge in [-0.05, 0) is 25.8 Å². The summed E-state index contributed by atoms with van der Waals surface area (Å²) in [4.78, 5) is 0. The quantitative estimate of drug-likeness (QED) is 0.701. The number of nitrogens with two attached hydrogens (primary N) is 1. The Hall–Kier alpha value is -0.410. The SMILES string of the molecule is CCCNC1(CN)CC=C(F)CC1. The Labute approximate surface area is 79.4 Å². The Balaban J connectivity index is 2.51. The maximum Gasteiger partial charge on any atom is 0.0961 e. The molecule has 1 unspecified atom stereocenters. The van der Waals surface area contributed by atoms with E-state index in [0.717, 1.165) is 25.8 Å². The van der Waals surface area contributed by atoms with Crippen LogP contribution in [0.3, 0.4) is 0 Å². The molecule has 0 bridgehead atoms. The molecule has 76 valence electrons. The summed E-state index contributed by atoms with van der Waals surface area (Å²) < 4.78 is 12.8. The molecule has 2 nitrogen and oxygen atoms in total. The molecule has 0 saturated carbocycles. The molecule has 1 aliphatic carbocycles. The van der Waals surface area contributed by atoms with E-state index < -0.39 is 0 Å². The molecule has 3 heteroatoms. The molecular weight excluding hydrogens is 167 g/mol. The summed E-state index contributed by atoms with van der Waals surface area (Å²) in [5.41, 5.74) is 5.67. The zero-order chi connectivity index (χ0) is 9.73. The van der Waals surface area contributed by atoms with Gasteiger partial charge in [0.1, 0.15) is 0 Å². The number of hydrogen-bond donors (Lipinski definition) is 2. The standard InChI is InChI=1S/C10H19FN2/c1-2-7-13-10(8-12)5-3-9(11)4-6-10/h3,13H,2,4-8,12H2,1H3. The number of hydrogen-bond acceptors (Lipinski definition) is 2. The number of nitrogens with one attached hydrogen (secondary N) is 1. The van der Waals surface area contributed by atoms with Crippen molar-refractivity contribution >= 4 is 0 Å². The van der Waals surface area contributed by atoms with Gasteiger partial charge in [0, 0.05) is 18.5 Å². The van der Waals surface area contributed by atoms with Crippen LogP contribution >= 0.6 is 0 Å². The van der Waals surface area contributed by atoms with Gasteiger partial charge in [-0.3, -0.25) is 0 Å². The third-order valence-corrected chi connectivity index (χ3v) is 2.70. The van der Waals surface area contributed by atoms with Crippen molar-refractivity contribution in [3.8, 4) is 0 Å². The molecule has 3 N–H and O–H groups in total. The smallest absolute Gasteiger partial charge is 0.0961 e. The molecule has 0 amide bonds. The average Bonchev–Trinajstić information content (AvgIpc) is 2.18. The normalized spacial score (nSPS) is 28.7. The molecular formula is C10H19FN2. The first kappa shape index (κ1) is 10.7. The maximum absolute atomic E-state index is 12.8. The molecule has 0 fully saturated rings. The van der Waals surface area contributed by atoms with Crippen LogP contribution in [0.25, 0.3) is 0 Å². The minimum Gasteiger partial charge on any atom is -0.329 e. The zero-order valence-electron chi connectivity index (χ0n) is 8.28. The molecule has 1 aliphatic rings. The molecule has 0 saturated heterocycles. The summed E-state index contributed by atoms with van der Waals surface area (Å²) in [6, 6.07) is 0. The van der Waals surface area contributed by atoms with Gasteiger partial charge < -0.3 is 11.1 Å². The van der Waals surface area contributed by atoms with Crippen molar-refractivity contribution in [2.24, 2.45) is 5.73 Å². The Kier molecular flexibility index (Phi) is 3.88. The van der Waals surface area contributed by atoms with Crippen LogP contribution in [-0.4, -0.2) is 18.6 Å². The summed E-state index contributed by atoms with van der Waals surface area (Å²) >= 11 is 0. The third kappa shape index (κ3) is 2.78. The zero-order valence-corrected chi connectivity index (χ0v) is 8.28. The van der Waals surface area contributed by atoms with Gasteiger partial charge in [-0.1, -0.05) is 13.0 Å². The fourth-order valence-electron chi connectivity index (χ4n) is 1.68. The lowest BCUT2D eigenvalue weighted by molar-refractivity contribution is 0.288. The van der Waals surface area contributed by atoms with Crippen molar-refractivity contribution in [2.75, 3.05) is 13.1 Å². The maximum atomic E-state index is 12.8. The minimum absolute atomic E-state index is 0.0161. The van der Waals surface area contributed by atoms with E-state index in [1.54, 1.807) is 6.08 Å². The Morgan fingerprint density at radius 3 is 2.92 bits per heavy atom. The van der Waals surface area contributed by atoms with E-state index in [9.17, 15) is 4.39 Å². The third-order valence-electron chi connectivity index (χ3n) is 2.70. The average molecular weight is 186 g/mol. The van der Waals surface area contributed by atoms with Crippen LogP contribution < -0.4 is 11.1 Å².